The summed E-state index contributed by atoms with van der Waals surface area (Å²) >= 11 is 1.28. The van der Waals surface area contributed by atoms with Crippen LogP contribution in [0.25, 0.3) is 0 Å². The Hall–Kier alpha value is -3.74. The molecule has 1 saturated heterocycles. The number of anilines is 3. The first-order valence-corrected chi connectivity index (χ1v) is 11.9. The molecule has 4 rings (SSSR count). The second kappa shape index (κ2) is 10.9. The Morgan fingerprint density at radius 3 is 2.75 bits per heavy atom. The van der Waals surface area contributed by atoms with E-state index in [0.717, 1.165) is 30.1 Å². The van der Waals surface area contributed by atoms with Crippen LogP contribution in [0.15, 0.2) is 42.6 Å². The maximum absolute atomic E-state index is 12.4. The second-order valence-electron chi connectivity index (χ2n) is 8.23. The fraction of sp³-hybridized carbons (Fsp3) is 0.348. The number of pyridine rings is 1. The number of piperidine rings is 1. The number of nitrogens with one attached hydrogen (secondary N) is 2. The molecule has 2 amide bonds. The molecule has 0 bridgehead atoms. The highest BCUT2D eigenvalue weighted by molar-refractivity contribution is 7.15. The summed E-state index contributed by atoms with van der Waals surface area (Å²) in [6, 6.07) is 8.94. The number of hydrogen-bond donors (Lipinski definition) is 2. The summed E-state index contributed by atoms with van der Waals surface area (Å²) in [7, 11) is 0. The van der Waals surface area contributed by atoms with Crippen molar-refractivity contribution in [2.45, 2.75) is 38.5 Å². The number of ether oxygens (including phenoxy) is 1. The lowest BCUT2D eigenvalue weighted by Crippen LogP contribution is -2.34. The summed E-state index contributed by atoms with van der Waals surface area (Å²) in [6.45, 7) is 2.99. The first-order chi connectivity index (χ1) is 17.1. The number of carbonyl (C=O) groups excluding carboxylic acids is 2. The third-order valence-electron chi connectivity index (χ3n) is 5.37. The summed E-state index contributed by atoms with van der Waals surface area (Å²) in [5.41, 5.74) is 1.31. The molecule has 0 radical (unpaired) electrons. The van der Waals surface area contributed by atoms with Crippen LogP contribution < -0.4 is 20.3 Å². The minimum atomic E-state index is -4.80. The molecule has 2 N–H and O–H groups in total. The van der Waals surface area contributed by atoms with E-state index in [1.165, 1.54) is 36.5 Å². The van der Waals surface area contributed by atoms with E-state index < -0.39 is 12.3 Å². The SMILES string of the molecule is CC(=O)Nc1ccc(N2CCCC(c3nnc(NC(=O)Cc4cccc(OC(F)(F)F)c4)s3)C2)cn1. The molecule has 0 aliphatic carbocycles. The maximum atomic E-state index is 12.4. The van der Waals surface area contributed by atoms with Crippen LogP contribution in [0.5, 0.6) is 5.75 Å². The second-order valence-corrected chi connectivity index (χ2v) is 9.24. The molecule has 0 spiro atoms. The molecule has 1 aliphatic rings. The van der Waals surface area contributed by atoms with E-state index in [0.29, 0.717) is 23.1 Å². The Kier molecular flexibility index (Phi) is 7.67. The molecular weight excluding hydrogens is 497 g/mol. The van der Waals surface area contributed by atoms with Gasteiger partial charge in [-0.1, -0.05) is 23.5 Å². The van der Waals surface area contributed by atoms with Gasteiger partial charge in [-0.25, -0.2) is 4.98 Å². The summed E-state index contributed by atoms with van der Waals surface area (Å²) in [5, 5.41) is 14.7. The number of halogens is 3. The first kappa shape index (κ1) is 25.4. The van der Waals surface area contributed by atoms with Crippen molar-refractivity contribution in [1.29, 1.82) is 0 Å². The molecule has 13 heteroatoms. The Balaban J connectivity index is 1.34. The van der Waals surface area contributed by atoms with Gasteiger partial charge in [0.25, 0.3) is 0 Å². The zero-order valence-corrected chi connectivity index (χ0v) is 20.0. The van der Waals surface area contributed by atoms with E-state index in [1.54, 1.807) is 18.3 Å². The van der Waals surface area contributed by atoms with Gasteiger partial charge in [0.05, 0.1) is 18.3 Å². The minimum Gasteiger partial charge on any atom is -0.406 e. The lowest BCUT2D eigenvalue weighted by Gasteiger charge is -2.33. The Labute approximate surface area is 208 Å². The molecule has 190 valence electrons. The van der Waals surface area contributed by atoms with Gasteiger partial charge in [-0.3, -0.25) is 9.59 Å². The lowest BCUT2D eigenvalue weighted by atomic mass is 9.98. The van der Waals surface area contributed by atoms with Crippen LogP contribution in [0.3, 0.4) is 0 Å². The van der Waals surface area contributed by atoms with Crippen molar-refractivity contribution in [3.63, 3.8) is 0 Å². The summed E-state index contributed by atoms with van der Waals surface area (Å²) in [4.78, 5) is 30.1. The van der Waals surface area contributed by atoms with Crippen molar-refractivity contribution < 1.29 is 27.5 Å². The minimum absolute atomic E-state index is 0.119. The van der Waals surface area contributed by atoms with Crippen molar-refractivity contribution >= 4 is 39.8 Å². The molecule has 1 atom stereocenters. The van der Waals surface area contributed by atoms with E-state index in [9.17, 15) is 22.8 Å². The first-order valence-electron chi connectivity index (χ1n) is 11.1. The average Bonchev–Trinajstić information content (AvgIpc) is 3.27. The van der Waals surface area contributed by atoms with Crippen LogP contribution in [0.4, 0.5) is 29.8 Å². The van der Waals surface area contributed by atoms with Gasteiger partial charge >= 0.3 is 6.36 Å². The van der Waals surface area contributed by atoms with Crippen molar-refractivity contribution in [2.75, 3.05) is 28.6 Å². The number of rotatable bonds is 7. The molecule has 1 aliphatic heterocycles. The Bertz CT molecular complexity index is 1220. The van der Waals surface area contributed by atoms with Gasteiger partial charge in [0.1, 0.15) is 16.6 Å². The third-order valence-corrected chi connectivity index (χ3v) is 6.37. The maximum Gasteiger partial charge on any atom is 0.573 e. The molecular formula is C23H23F3N6O3S. The molecule has 3 aromatic rings. The van der Waals surface area contributed by atoms with Crippen LogP contribution in [-0.4, -0.2) is 46.4 Å². The number of aromatic nitrogens is 3. The average molecular weight is 521 g/mol. The highest BCUT2D eigenvalue weighted by Crippen LogP contribution is 2.33. The van der Waals surface area contributed by atoms with Crippen LogP contribution in [0, 0.1) is 0 Å². The Morgan fingerprint density at radius 2 is 2.03 bits per heavy atom. The Morgan fingerprint density at radius 1 is 1.19 bits per heavy atom. The van der Waals surface area contributed by atoms with Gasteiger partial charge in [-0.05, 0) is 42.7 Å². The standard InChI is InChI=1S/C23H23F3N6O3S/c1-14(33)28-19-8-7-17(12-27-19)32-9-3-5-16(13-32)21-30-31-22(36-21)29-20(34)11-15-4-2-6-18(10-15)35-23(24,25)26/h2,4,6-8,10,12,16H,3,5,9,11,13H2,1H3,(H,27,28,33)(H,29,31,34). The summed E-state index contributed by atoms with van der Waals surface area (Å²) in [5.74, 6) is -0.376. The predicted molar refractivity (Wildman–Crippen MR) is 128 cm³/mol. The summed E-state index contributed by atoms with van der Waals surface area (Å²) in [6.07, 6.45) is -1.36. The van der Waals surface area contributed by atoms with Gasteiger partial charge in [0.15, 0.2) is 0 Å². The summed E-state index contributed by atoms with van der Waals surface area (Å²) < 4.78 is 41.2. The zero-order valence-electron chi connectivity index (χ0n) is 19.2. The number of hydrogen-bond acceptors (Lipinski definition) is 8. The number of benzene rings is 1. The number of alkyl halides is 3. The topological polar surface area (TPSA) is 109 Å². The number of carbonyl (C=O) groups is 2. The molecule has 9 nitrogen and oxygen atoms in total. The van der Waals surface area contributed by atoms with Gasteiger partial charge in [0.2, 0.25) is 16.9 Å². The van der Waals surface area contributed by atoms with E-state index >= 15 is 0 Å². The van der Waals surface area contributed by atoms with Crippen molar-refractivity contribution in [3.05, 3.63) is 53.2 Å². The predicted octanol–water partition coefficient (Wildman–Crippen LogP) is 4.36. The van der Waals surface area contributed by atoms with E-state index in [1.807, 2.05) is 6.07 Å². The third kappa shape index (κ3) is 7.13. The fourth-order valence-corrected chi connectivity index (χ4v) is 4.78. The quantitative estimate of drug-likeness (QED) is 0.477. The molecule has 1 unspecified atom stereocenters. The molecule has 0 saturated carbocycles. The van der Waals surface area contributed by atoms with Crippen LogP contribution in [0.2, 0.25) is 0 Å². The molecule has 2 aromatic heterocycles. The largest absolute Gasteiger partial charge is 0.573 e. The highest BCUT2D eigenvalue weighted by Gasteiger charge is 2.31. The van der Waals surface area contributed by atoms with Crippen molar-refractivity contribution in [1.82, 2.24) is 15.2 Å². The zero-order chi connectivity index (χ0) is 25.7. The monoisotopic (exact) mass is 520 g/mol. The molecule has 3 heterocycles. The van der Waals surface area contributed by atoms with E-state index in [4.69, 9.17) is 0 Å². The molecule has 1 aromatic carbocycles. The fourth-order valence-electron chi connectivity index (χ4n) is 3.89. The van der Waals surface area contributed by atoms with Crippen molar-refractivity contribution in [3.8, 4) is 5.75 Å². The smallest absolute Gasteiger partial charge is 0.406 e. The van der Waals surface area contributed by atoms with E-state index in [-0.39, 0.29) is 24.0 Å². The normalized spacial score (nSPS) is 15.9. The number of nitrogens with zero attached hydrogens (tertiary/aromatic N) is 4. The molecule has 1 fully saturated rings. The van der Waals surface area contributed by atoms with Crippen LogP contribution >= 0.6 is 11.3 Å². The van der Waals surface area contributed by atoms with Gasteiger partial charge in [0, 0.05) is 25.9 Å². The van der Waals surface area contributed by atoms with Gasteiger partial charge in [-0.2, -0.15) is 0 Å². The van der Waals surface area contributed by atoms with Crippen LogP contribution in [-0.2, 0) is 16.0 Å². The highest BCUT2D eigenvalue weighted by atomic mass is 32.1. The molecule has 36 heavy (non-hydrogen) atoms. The van der Waals surface area contributed by atoms with E-state index in [2.05, 4.69) is 35.5 Å². The van der Waals surface area contributed by atoms with Gasteiger partial charge < -0.3 is 20.3 Å². The van der Waals surface area contributed by atoms with Crippen molar-refractivity contribution in [2.24, 2.45) is 0 Å². The lowest BCUT2D eigenvalue weighted by molar-refractivity contribution is -0.274. The van der Waals surface area contributed by atoms with Crippen LogP contribution in [0.1, 0.15) is 36.3 Å². The number of amides is 2. The van der Waals surface area contributed by atoms with Gasteiger partial charge in [-0.15, -0.1) is 23.4 Å².